The topological polar surface area (TPSA) is 43.9 Å². The Morgan fingerprint density at radius 2 is 2.23 bits per heavy atom. The van der Waals surface area contributed by atoms with Gasteiger partial charge in [0, 0.05) is 45.2 Å². The molecule has 0 saturated carbocycles. The van der Waals surface area contributed by atoms with Crippen molar-refractivity contribution in [3.63, 3.8) is 0 Å². The van der Waals surface area contributed by atoms with Crippen LogP contribution < -0.4 is 0 Å². The number of fused-ring (bicyclic) bond motifs is 1. The lowest BCUT2D eigenvalue weighted by atomic mass is 9.88. The maximum Gasteiger partial charge on any atom is 0.241 e. The molecule has 2 aliphatic rings. The molecule has 0 N–H and O–H groups in total. The van der Waals surface area contributed by atoms with Crippen LogP contribution in [0.3, 0.4) is 0 Å². The average Bonchev–Trinajstić information content (AvgIpc) is 3.11. The van der Waals surface area contributed by atoms with Crippen molar-refractivity contribution in [3.05, 3.63) is 22.4 Å². The number of nitrogens with zero attached hydrogens (tertiary/aromatic N) is 3. The molecule has 2 amide bonds. The molecule has 0 spiro atoms. The van der Waals surface area contributed by atoms with Crippen LogP contribution in [0.5, 0.6) is 0 Å². The fourth-order valence-electron chi connectivity index (χ4n) is 3.41. The van der Waals surface area contributed by atoms with E-state index < -0.39 is 0 Å². The number of carbonyl (C=O) groups excluding carboxylic acids is 2. The van der Waals surface area contributed by atoms with E-state index in [1.165, 1.54) is 4.88 Å². The number of hydrogen-bond donors (Lipinski definition) is 0. The third-order valence-corrected chi connectivity index (χ3v) is 5.56. The zero-order chi connectivity index (χ0) is 15.7. The molecule has 0 aromatic carbocycles. The first kappa shape index (κ1) is 15.5. The minimum Gasteiger partial charge on any atom is -0.347 e. The first-order chi connectivity index (χ1) is 10.5. The summed E-state index contributed by atoms with van der Waals surface area (Å²) in [6, 6.07) is 4.22. The monoisotopic (exact) mass is 321 g/mol. The molecule has 120 valence electrons. The van der Waals surface area contributed by atoms with Crippen LogP contribution in [0.4, 0.5) is 0 Å². The van der Waals surface area contributed by atoms with Crippen molar-refractivity contribution in [2.45, 2.75) is 13.0 Å². The van der Waals surface area contributed by atoms with Gasteiger partial charge in [-0.25, -0.2) is 0 Å². The third kappa shape index (κ3) is 3.17. The second-order valence-electron chi connectivity index (χ2n) is 6.48. The molecule has 2 fully saturated rings. The molecule has 0 radical (unpaired) electrons. The van der Waals surface area contributed by atoms with Crippen molar-refractivity contribution in [2.75, 3.05) is 40.3 Å². The van der Waals surface area contributed by atoms with Crippen molar-refractivity contribution >= 4 is 23.2 Å². The van der Waals surface area contributed by atoms with Gasteiger partial charge in [0.15, 0.2) is 0 Å². The van der Waals surface area contributed by atoms with Crippen molar-refractivity contribution in [1.29, 1.82) is 0 Å². The summed E-state index contributed by atoms with van der Waals surface area (Å²) in [4.78, 5) is 31.5. The van der Waals surface area contributed by atoms with Gasteiger partial charge in [0.2, 0.25) is 11.8 Å². The molecular formula is C16H23N3O2S. The first-order valence-electron chi connectivity index (χ1n) is 7.78. The predicted octanol–water partition coefficient (Wildman–Crippen LogP) is 1.12. The van der Waals surface area contributed by atoms with Crippen molar-refractivity contribution < 1.29 is 9.59 Å². The van der Waals surface area contributed by atoms with Crippen molar-refractivity contribution in [3.8, 4) is 0 Å². The van der Waals surface area contributed by atoms with Gasteiger partial charge in [-0.05, 0) is 23.8 Å². The highest BCUT2D eigenvalue weighted by atomic mass is 32.1. The summed E-state index contributed by atoms with van der Waals surface area (Å²) in [6.07, 6.45) is 1.01. The van der Waals surface area contributed by atoms with Gasteiger partial charge >= 0.3 is 0 Å². The molecule has 0 aliphatic carbocycles. The molecule has 5 nitrogen and oxygen atoms in total. The summed E-state index contributed by atoms with van der Waals surface area (Å²) in [5, 5.41) is 2.10. The molecule has 6 heteroatoms. The van der Waals surface area contributed by atoms with Gasteiger partial charge in [-0.1, -0.05) is 6.07 Å². The maximum atomic E-state index is 12.6. The molecule has 2 atom stereocenters. The number of rotatable bonds is 4. The highest BCUT2D eigenvalue weighted by Gasteiger charge is 2.43. The van der Waals surface area contributed by atoms with Gasteiger partial charge in [0.25, 0.3) is 0 Å². The molecule has 2 aliphatic heterocycles. The summed E-state index contributed by atoms with van der Waals surface area (Å²) in [5.41, 5.74) is 0. The Morgan fingerprint density at radius 1 is 1.41 bits per heavy atom. The number of thiophene rings is 1. The molecule has 22 heavy (non-hydrogen) atoms. The van der Waals surface area contributed by atoms with Crippen LogP contribution in [0.15, 0.2) is 17.5 Å². The lowest BCUT2D eigenvalue weighted by molar-refractivity contribution is -0.145. The fourth-order valence-corrected chi connectivity index (χ4v) is 4.16. The van der Waals surface area contributed by atoms with Gasteiger partial charge in [-0.15, -0.1) is 11.3 Å². The van der Waals surface area contributed by atoms with Gasteiger partial charge < -0.3 is 9.80 Å². The molecule has 3 rings (SSSR count). The quantitative estimate of drug-likeness (QED) is 0.835. The number of amides is 2. The van der Waals surface area contributed by atoms with E-state index in [1.54, 1.807) is 35.2 Å². The largest absolute Gasteiger partial charge is 0.347 e. The number of likely N-dealkylation sites (tertiary alicyclic amines) is 2. The van der Waals surface area contributed by atoms with Crippen LogP contribution in [0.1, 0.15) is 11.3 Å². The standard InChI is InChI=1S/C16H23N3O2S/c1-17(2)15(20)11-19-6-5-12-8-18(10-14(12)16(19)21)9-13-4-3-7-22-13/h3-4,7,12,14H,5-6,8-11H2,1-2H3/t12-,14-/m0/s1. The van der Waals surface area contributed by atoms with E-state index in [-0.39, 0.29) is 24.3 Å². The van der Waals surface area contributed by atoms with Gasteiger partial charge in [-0.2, -0.15) is 0 Å². The Hall–Kier alpha value is -1.40. The molecule has 1 aromatic heterocycles. The Labute approximate surface area is 135 Å². The molecular weight excluding hydrogens is 298 g/mol. The van der Waals surface area contributed by atoms with E-state index in [1.807, 2.05) is 0 Å². The highest BCUT2D eigenvalue weighted by molar-refractivity contribution is 7.09. The molecule has 1 aromatic rings. The van der Waals surface area contributed by atoms with E-state index >= 15 is 0 Å². The average molecular weight is 321 g/mol. The van der Waals surface area contributed by atoms with Gasteiger partial charge in [0.1, 0.15) is 0 Å². The number of likely N-dealkylation sites (N-methyl/N-ethyl adjacent to an activating group) is 1. The van der Waals surface area contributed by atoms with Crippen LogP contribution >= 0.6 is 11.3 Å². The summed E-state index contributed by atoms with van der Waals surface area (Å²) >= 11 is 1.77. The summed E-state index contributed by atoms with van der Waals surface area (Å²) in [5.74, 6) is 0.696. The predicted molar refractivity (Wildman–Crippen MR) is 86.5 cm³/mol. The van der Waals surface area contributed by atoms with Crippen LogP contribution in [-0.2, 0) is 16.1 Å². The zero-order valence-corrected chi connectivity index (χ0v) is 14.0. The lowest BCUT2D eigenvalue weighted by Crippen LogP contribution is -2.49. The van der Waals surface area contributed by atoms with Crippen LogP contribution in [0.25, 0.3) is 0 Å². The van der Waals surface area contributed by atoms with Crippen LogP contribution in [0, 0.1) is 11.8 Å². The van der Waals surface area contributed by atoms with E-state index in [0.29, 0.717) is 12.5 Å². The molecule has 0 bridgehead atoms. The highest BCUT2D eigenvalue weighted by Crippen LogP contribution is 2.33. The number of piperidine rings is 1. The lowest BCUT2D eigenvalue weighted by Gasteiger charge is -2.34. The van der Waals surface area contributed by atoms with Gasteiger partial charge in [-0.3, -0.25) is 14.5 Å². The minimum absolute atomic E-state index is 0.000221. The minimum atomic E-state index is 0.000221. The van der Waals surface area contributed by atoms with Gasteiger partial charge in [0.05, 0.1) is 12.5 Å². The summed E-state index contributed by atoms with van der Waals surface area (Å²) in [6.45, 7) is 3.71. The van der Waals surface area contributed by atoms with E-state index in [2.05, 4.69) is 22.4 Å². The Balaban J connectivity index is 1.60. The molecule has 2 saturated heterocycles. The number of carbonyl (C=O) groups is 2. The van der Waals surface area contributed by atoms with E-state index in [0.717, 1.165) is 26.1 Å². The van der Waals surface area contributed by atoms with E-state index in [9.17, 15) is 9.59 Å². The second kappa shape index (κ2) is 6.38. The van der Waals surface area contributed by atoms with E-state index in [4.69, 9.17) is 0 Å². The zero-order valence-electron chi connectivity index (χ0n) is 13.2. The first-order valence-corrected chi connectivity index (χ1v) is 8.66. The van der Waals surface area contributed by atoms with Crippen molar-refractivity contribution in [1.82, 2.24) is 14.7 Å². The van der Waals surface area contributed by atoms with Crippen LogP contribution in [0.2, 0.25) is 0 Å². The second-order valence-corrected chi connectivity index (χ2v) is 7.51. The maximum absolute atomic E-state index is 12.6. The smallest absolute Gasteiger partial charge is 0.241 e. The summed E-state index contributed by atoms with van der Waals surface area (Å²) in [7, 11) is 3.47. The van der Waals surface area contributed by atoms with Crippen LogP contribution in [-0.4, -0.2) is 66.8 Å². The fraction of sp³-hybridized carbons (Fsp3) is 0.625. The molecule has 3 heterocycles. The Morgan fingerprint density at radius 3 is 2.91 bits per heavy atom. The normalized spacial score (nSPS) is 25.4. The SMILES string of the molecule is CN(C)C(=O)CN1CC[C@H]2CN(Cc3cccs3)C[C@@H]2C1=O. The number of hydrogen-bond acceptors (Lipinski definition) is 4. The Bertz CT molecular complexity index is 544. The molecule has 0 unspecified atom stereocenters. The third-order valence-electron chi connectivity index (χ3n) is 4.70. The Kier molecular flexibility index (Phi) is 4.49. The summed E-state index contributed by atoms with van der Waals surface area (Å²) < 4.78 is 0. The van der Waals surface area contributed by atoms with Crippen molar-refractivity contribution in [2.24, 2.45) is 11.8 Å².